The Bertz CT molecular complexity index is 949. The van der Waals surface area contributed by atoms with Crippen molar-refractivity contribution < 1.29 is 22.7 Å². The fraction of sp³-hybridized carbons (Fsp3) is 0.316. The summed E-state index contributed by atoms with van der Waals surface area (Å²) in [5.41, 5.74) is 1.61. The van der Waals surface area contributed by atoms with E-state index in [1.54, 1.807) is 37.4 Å². The van der Waals surface area contributed by atoms with Crippen LogP contribution in [-0.4, -0.2) is 40.8 Å². The molecule has 0 aliphatic rings. The van der Waals surface area contributed by atoms with Gasteiger partial charge < -0.3 is 14.8 Å². The lowest BCUT2D eigenvalue weighted by molar-refractivity contribution is -0.116. The van der Waals surface area contributed by atoms with Crippen LogP contribution in [0.25, 0.3) is 0 Å². The van der Waals surface area contributed by atoms with Gasteiger partial charge in [-0.15, -0.1) is 0 Å². The minimum absolute atomic E-state index is 0.188. The molecule has 7 nitrogen and oxygen atoms in total. The molecule has 2 aromatic carbocycles. The van der Waals surface area contributed by atoms with E-state index in [9.17, 15) is 13.2 Å². The highest BCUT2D eigenvalue weighted by molar-refractivity contribution is 7.92. The summed E-state index contributed by atoms with van der Waals surface area (Å²) in [6, 6.07) is 10.7. The van der Waals surface area contributed by atoms with Crippen LogP contribution < -0.4 is 14.4 Å². The van der Waals surface area contributed by atoms with Crippen LogP contribution >= 0.6 is 11.6 Å². The summed E-state index contributed by atoms with van der Waals surface area (Å²) >= 11 is 6.04. The lowest BCUT2D eigenvalue weighted by atomic mass is 10.2. The maximum Gasteiger partial charge on any atom is 0.247 e. The van der Waals surface area contributed by atoms with Crippen molar-refractivity contribution in [2.75, 3.05) is 30.1 Å². The van der Waals surface area contributed by atoms with Crippen molar-refractivity contribution in [3.8, 4) is 5.75 Å². The lowest BCUT2D eigenvalue weighted by Gasteiger charge is -2.29. The number of amides is 1. The number of benzene rings is 2. The predicted octanol–water partition coefficient (Wildman–Crippen LogP) is 3.29. The van der Waals surface area contributed by atoms with Gasteiger partial charge in [-0.2, -0.15) is 0 Å². The number of sulfonamides is 1. The van der Waals surface area contributed by atoms with E-state index in [1.165, 1.54) is 20.1 Å². The van der Waals surface area contributed by atoms with Crippen molar-refractivity contribution in [3.05, 3.63) is 53.1 Å². The fourth-order valence-corrected chi connectivity index (χ4v) is 4.11. The molecule has 0 saturated carbocycles. The maximum atomic E-state index is 12.8. The second-order valence-electron chi connectivity index (χ2n) is 6.17. The van der Waals surface area contributed by atoms with E-state index >= 15 is 0 Å². The van der Waals surface area contributed by atoms with Gasteiger partial charge >= 0.3 is 0 Å². The first kappa shape index (κ1) is 22.0. The van der Waals surface area contributed by atoms with Crippen LogP contribution in [0.1, 0.15) is 12.5 Å². The number of anilines is 2. The van der Waals surface area contributed by atoms with Crippen molar-refractivity contribution in [3.63, 3.8) is 0 Å². The van der Waals surface area contributed by atoms with E-state index in [1.807, 2.05) is 6.07 Å². The Morgan fingerprint density at radius 1 is 1.21 bits per heavy atom. The predicted molar refractivity (Wildman–Crippen MR) is 111 cm³/mol. The smallest absolute Gasteiger partial charge is 0.247 e. The highest BCUT2D eigenvalue weighted by Crippen LogP contribution is 2.34. The largest absolute Gasteiger partial charge is 0.495 e. The van der Waals surface area contributed by atoms with Gasteiger partial charge in [0.1, 0.15) is 11.8 Å². The molecule has 2 rings (SSSR count). The molecule has 1 N–H and O–H groups in total. The monoisotopic (exact) mass is 426 g/mol. The quantitative estimate of drug-likeness (QED) is 0.700. The summed E-state index contributed by atoms with van der Waals surface area (Å²) in [6.45, 7) is 1.89. The number of rotatable bonds is 8. The van der Waals surface area contributed by atoms with Crippen molar-refractivity contribution in [2.45, 2.75) is 19.6 Å². The first-order valence-corrected chi connectivity index (χ1v) is 10.6. The number of methoxy groups -OCH3 is 2. The maximum absolute atomic E-state index is 12.8. The minimum atomic E-state index is -3.81. The van der Waals surface area contributed by atoms with Gasteiger partial charge in [0.05, 0.1) is 25.7 Å². The first-order chi connectivity index (χ1) is 13.2. The van der Waals surface area contributed by atoms with Gasteiger partial charge in [0.25, 0.3) is 0 Å². The van der Waals surface area contributed by atoms with Gasteiger partial charge in [-0.05, 0) is 42.8 Å². The number of hydrogen-bond acceptors (Lipinski definition) is 5. The number of nitrogens with one attached hydrogen (secondary N) is 1. The summed E-state index contributed by atoms with van der Waals surface area (Å²) in [6.07, 6.45) is 1.02. The van der Waals surface area contributed by atoms with Crippen LogP contribution in [0.4, 0.5) is 11.4 Å². The molecule has 1 atom stereocenters. The Balaban J connectivity index is 2.36. The molecule has 0 unspecified atom stereocenters. The number of carbonyl (C=O) groups excluding carboxylic acids is 1. The summed E-state index contributed by atoms with van der Waals surface area (Å²) < 4.78 is 36.3. The average Bonchev–Trinajstić information content (AvgIpc) is 2.61. The molecule has 28 heavy (non-hydrogen) atoms. The molecule has 0 fully saturated rings. The Labute approximate surface area is 170 Å². The fourth-order valence-electron chi connectivity index (χ4n) is 2.77. The number of hydrogen-bond donors (Lipinski definition) is 1. The van der Waals surface area contributed by atoms with Gasteiger partial charge in [-0.3, -0.25) is 9.10 Å². The van der Waals surface area contributed by atoms with Crippen LogP contribution in [0, 0.1) is 0 Å². The van der Waals surface area contributed by atoms with Crippen LogP contribution in [0.5, 0.6) is 5.75 Å². The third kappa shape index (κ3) is 5.37. The van der Waals surface area contributed by atoms with E-state index in [0.717, 1.165) is 16.1 Å². The first-order valence-electron chi connectivity index (χ1n) is 8.39. The zero-order valence-corrected chi connectivity index (χ0v) is 17.7. The normalized spacial score (nSPS) is 12.3. The summed E-state index contributed by atoms with van der Waals surface area (Å²) in [5.74, 6) is -0.210. The van der Waals surface area contributed by atoms with Gasteiger partial charge in [0.2, 0.25) is 15.9 Å². The van der Waals surface area contributed by atoms with Gasteiger partial charge in [-0.25, -0.2) is 8.42 Å². The van der Waals surface area contributed by atoms with Crippen molar-refractivity contribution in [1.29, 1.82) is 0 Å². The molecule has 0 saturated heterocycles. The van der Waals surface area contributed by atoms with Crippen molar-refractivity contribution in [1.82, 2.24) is 0 Å². The van der Waals surface area contributed by atoms with Gasteiger partial charge in [0.15, 0.2) is 0 Å². The van der Waals surface area contributed by atoms with E-state index in [0.29, 0.717) is 17.3 Å². The SMILES string of the molecule is COCc1cccc(NC(=O)[C@H](C)N(c2cc(Cl)ccc2OC)S(C)(=O)=O)c1. The molecule has 2 aromatic rings. The molecule has 0 heterocycles. The van der Waals surface area contributed by atoms with Crippen LogP contribution in [0.15, 0.2) is 42.5 Å². The van der Waals surface area contributed by atoms with Crippen LogP contribution in [0.3, 0.4) is 0 Å². The lowest BCUT2D eigenvalue weighted by Crippen LogP contribution is -2.45. The van der Waals surface area contributed by atoms with E-state index in [4.69, 9.17) is 21.1 Å². The molecular formula is C19H23ClN2O5S. The number of nitrogens with zero attached hydrogens (tertiary/aromatic N) is 1. The topological polar surface area (TPSA) is 84.9 Å². The molecule has 1 amide bonds. The number of carbonyl (C=O) groups is 1. The highest BCUT2D eigenvalue weighted by atomic mass is 35.5. The Hall–Kier alpha value is -2.29. The zero-order valence-electron chi connectivity index (χ0n) is 16.1. The van der Waals surface area contributed by atoms with Crippen LogP contribution in [0.2, 0.25) is 5.02 Å². The Morgan fingerprint density at radius 2 is 1.93 bits per heavy atom. The van der Waals surface area contributed by atoms with Crippen molar-refractivity contribution in [2.24, 2.45) is 0 Å². The van der Waals surface area contributed by atoms with Gasteiger partial charge in [-0.1, -0.05) is 23.7 Å². The average molecular weight is 427 g/mol. The highest BCUT2D eigenvalue weighted by Gasteiger charge is 2.31. The van der Waals surface area contributed by atoms with E-state index in [2.05, 4.69) is 5.32 Å². The molecule has 9 heteroatoms. The van der Waals surface area contributed by atoms with E-state index in [-0.39, 0.29) is 11.4 Å². The summed E-state index contributed by atoms with van der Waals surface area (Å²) in [7, 11) is -0.812. The summed E-state index contributed by atoms with van der Waals surface area (Å²) in [4.78, 5) is 12.8. The van der Waals surface area contributed by atoms with Crippen molar-refractivity contribution >= 4 is 38.9 Å². The molecule has 0 bridgehead atoms. The third-order valence-electron chi connectivity index (χ3n) is 3.97. The molecule has 0 aliphatic heterocycles. The standard InChI is InChI=1S/C19H23ClN2O5S/c1-13(19(23)21-16-7-5-6-14(10-16)12-26-2)22(28(4,24)25)17-11-15(20)8-9-18(17)27-3/h5-11,13H,12H2,1-4H3,(H,21,23)/t13-/m0/s1. The number of halogens is 1. The number of ether oxygens (including phenoxy) is 2. The molecule has 0 aromatic heterocycles. The zero-order chi connectivity index (χ0) is 20.9. The molecule has 152 valence electrons. The molecule has 0 aliphatic carbocycles. The Kier molecular flexibility index (Phi) is 7.29. The second-order valence-corrected chi connectivity index (χ2v) is 8.47. The molecule has 0 radical (unpaired) electrons. The van der Waals surface area contributed by atoms with Crippen LogP contribution in [-0.2, 0) is 26.2 Å². The van der Waals surface area contributed by atoms with Gasteiger partial charge in [0, 0.05) is 17.8 Å². The second kappa shape index (κ2) is 9.27. The van der Waals surface area contributed by atoms with E-state index < -0.39 is 22.0 Å². The molecule has 0 spiro atoms. The minimum Gasteiger partial charge on any atom is -0.495 e. The third-order valence-corrected chi connectivity index (χ3v) is 5.43. The molecular weight excluding hydrogens is 404 g/mol. The Morgan fingerprint density at radius 3 is 2.54 bits per heavy atom. The summed E-state index contributed by atoms with van der Waals surface area (Å²) in [5, 5.41) is 3.06.